The minimum absolute atomic E-state index is 0.0185. The molecule has 0 saturated heterocycles. The third-order valence-corrected chi connectivity index (χ3v) is 6.50. The van der Waals surface area contributed by atoms with Gasteiger partial charge in [-0.05, 0) is 47.9 Å². The fraction of sp³-hybridized carbons (Fsp3) is 0.222. The Morgan fingerprint density at radius 3 is 2.56 bits per heavy atom. The summed E-state index contributed by atoms with van der Waals surface area (Å²) in [6.07, 6.45) is 0.909. The Bertz CT molecular complexity index is 1250. The van der Waals surface area contributed by atoms with Crippen molar-refractivity contribution in [1.82, 2.24) is 0 Å². The van der Waals surface area contributed by atoms with Crippen LogP contribution in [0.15, 0.2) is 76.2 Å². The molecule has 3 aromatic carbocycles. The van der Waals surface area contributed by atoms with E-state index in [4.69, 9.17) is 16.6 Å². The van der Waals surface area contributed by atoms with Crippen LogP contribution in [0.2, 0.25) is 5.02 Å². The van der Waals surface area contributed by atoms with Gasteiger partial charge in [-0.15, -0.1) is 0 Å². The van der Waals surface area contributed by atoms with E-state index in [0.29, 0.717) is 35.0 Å². The number of benzene rings is 3. The molecule has 0 saturated carbocycles. The number of benzodiazepines with no additional fused rings is 1. The highest BCUT2D eigenvalue weighted by molar-refractivity contribution is 9.10. The van der Waals surface area contributed by atoms with Crippen molar-refractivity contribution in [3.8, 4) is 0 Å². The molecule has 0 aromatic heterocycles. The first kappa shape index (κ1) is 24.2. The molecule has 34 heavy (non-hydrogen) atoms. The van der Waals surface area contributed by atoms with Crippen molar-refractivity contribution < 1.29 is 9.59 Å². The molecular formula is C27H25BrClN3O2. The average Bonchev–Trinajstić information content (AvgIpc) is 2.92. The Kier molecular flexibility index (Phi) is 7.49. The van der Waals surface area contributed by atoms with E-state index in [1.165, 1.54) is 0 Å². The maximum absolute atomic E-state index is 13.1. The Hall–Kier alpha value is -2.96. The minimum Gasteiger partial charge on any atom is -0.326 e. The van der Waals surface area contributed by atoms with Gasteiger partial charge in [-0.1, -0.05) is 71.7 Å². The molecule has 2 N–H and O–H groups in total. The molecule has 0 aliphatic carbocycles. The molecule has 0 radical (unpaired) electrons. The molecule has 1 unspecified atom stereocenters. The Morgan fingerprint density at radius 2 is 1.85 bits per heavy atom. The van der Waals surface area contributed by atoms with Crippen LogP contribution < -0.4 is 10.6 Å². The van der Waals surface area contributed by atoms with Crippen LogP contribution in [0, 0.1) is 5.92 Å². The van der Waals surface area contributed by atoms with Crippen molar-refractivity contribution in [2.75, 3.05) is 10.6 Å². The monoisotopic (exact) mass is 537 g/mol. The second-order valence-corrected chi connectivity index (χ2v) is 9.98. The molecule has 1 aliphatic rings. The zero-order valence-electron chi connectivity index (χ0n) is 18.9. The van der Waals surface area contributed by atoms with E-state index in [0.717, 1.165) is 21.2 Å². The first-order valence-corrected chi connectivity index (χ1v) is 12.3. The number of rotatable bonds is 6. The van der Waals surface area contributed by atoms with E-state index in [-0.39, 0.29) is 17.7 Å². The molecule has 0 bridgehead atoms. The number of aliphatic imine (C=N–C) groups is 1. The van der Waals surface area contributed by atoms with Crippen LogP contribution in [0.25, 0.3) is 0 Å². The number of halogens is 2. The number of nitrogens with one attached hydrogen (secondary N) is 2. The summed E-state index contributed by atoms with van der Waals surface area (Å²) in [4.78, 5) is 30.2. The Labute approximate surface area is 212 Å². The van der Waals surface area contributed by atoms with Gasteiger partial charge in [0.15, 0.2) is 0 Å². The number of fused-ring (bicyclic) bond motifs is 1. The number of nitrogens with zero attached hydrogens (tertiary/aromatic N) is 1. The highest BCUT2D eigenvalue weighted by Crippen LogP contribution is 2.29. The van der Waals surface area contributed by atoms with Crippen LogP contribution in [-0.2, 0) is 16.0 Å². The van der Waals surface area contributed by atoms with E-state index in [2.05, 4.69) is 26.6 Å². The fourth-order valence-electron chi connectivity index (χ4n) is 3.86. The van der Waals surface area contributed by atoms with Crippen LogP contribution in [0.4, 0.5) is 11.4 Å². The summed E-state index contributed by atoms with van der Waals surface area (Å²) in [5.74, 6) is 0.0920. The smallest absolute Gasteiger partial charge is 0.249 e. The molecule has 0 spiro atoms. The molecule has 174 valence electrons. The lowest BCUT2D eigenvalue weighted by molar-refractivity contribution is -0.117. The van der Waals surface area contributed by atoms with Gasteiger partial charge >= 0.3 is 0 Å². The van der Waals surface area contributed by atoms with Crippen LogP contribution in [0.1, 0.15) is 37.0 Å². The zero-order valence-corrected chi connectivity index (χ0v) is 21.3. The minimum atomic E-state index is -0.620. The van der Waals surface area contributed by atoms with Crippen molar-refractivity contribution in [1.29, 1.82) is 0 Å². The highest BCUT2D eigenvalue weighted by atomic mass is 79.9. The SMILES string of the molecule is CC(C)CC(=O)Nc1ccc(C2=NC(Cc3ccccc3Br)C(=O)Nc3ccc(Cl)cc32)cc1. The molecule has 3 aromatic rings. The van der Waals surface area contributed by atoms with Gasteiger partial charge in [0, 0.05) is 39.2 Å². The number of hydrogen-bond donors (Lipinski definition) is 2. The molecule has 1 heterocycles. The molecule has 1 aliphatic heterocycles. The maximum Gasteiger partial charge on any atom is 0.249 e. The number of carbonyl (C=O) groups is 2. The third-order valence-electron chi connectivity index (χ3n) is 5.49. The highest BCUT2D eigenvalue weighted by Gasteiger charge is 2.27. The topological polar surface area (TPSA) is 70.6 Å². The second kappa shape index (κ2) is 10.5. The van der Waals surface area contributed by atoms with E-state index >= 15 is 0 Å². The van der Waals surface area contributed by atoms with Crippen LogP contribution >= 0.6 is 27.5 Å². The van der Waals surface area contributed by atoms with Crippen molar-refractivity contribution in [2.24, 2.45) is 10.9 Å². The van der Waals surface area contributed by atoms with E-state index < -0.39 is 6.04 Å². The summed E-state index contributed by atoms with van der Waals surface area (Å²) in [6.45, 7) is 4.02. The van der Waals surface area contributed by atoms with Crippen molar-refractivity contribution in [3.05, 3.63) is 92.9 Å². The Morgan fingerprint density at radius 1 is 1.12 bits per heavy atom. The average molecular weight is 539 g/mol. The maximum atomic E-state index is 13.1. The van der Waals surface area contributed by atoms with Crippen molar-refractivity contribution >= 4 is 56.4 Å². The van der Waals surface area contributed by atoms with E-state index in [1.54, 1.807) is 12.1 Å². The Balaban J connectivity index is 1.71. The standard InChI is InChI=1S/C27H25BrClN3O2/c1-16(2)13-25(33)30-20-10-7-17(8-11-20)26-21-15-19(29)9-12-23(21)32-27(34)24(31-26)14-18-5-3-4-6-22(18)28/h3-12,15-16,24H,13-14H2,1-2H3,(H,30,33)(H,32,34). The number of anilines is 2. The molecule has 1 atom stereocenters. The molecule has 7 heteroatoms. The van der Waals surface area contributed by atoms with Crippen molar-refractivity contribution in [3.63, 3.8) is 0 Å². The zero-order chi connectivity index (χ0) is 24.2. The summed E-state index contributed by atoms with van der Waals surface area (Å²) >= 11 is 9.88. The lowest BCUT2D eigenvalue weighted by Gasteiger charge is -2.13. The summed E-state index contributed by atoms with van der Waals surface area (Å²) in [5.41, 5.74) is 4.64. The molecule has 4 rings (SSSR count). The lowest BCUT2D eigenvalue weighted by atomic mass is 10.00. The van der Waals surface area contributed by atoms with E-state index in [9.17, 15) is 9.59 Å². The largest absolute Gasteiger partial charge is 0.326 e. The van der Waals surface area contributed by atoms with Gasteiger partial charge in [0.2, 0.25) is 11.8 Å². The summed E-state index contributed by atoms with van der Waals surface area (Å²) < 4.78 is 0.936. The predicted octanol–water partition coefficient (Wildman–Crippen LogP) is 6.49. The van der Waals surface area contributed by atoms with Gasteiger partial charge in [0.25, 0.3) is 0 Å². The van der Waals surface area contributed by atoms with Gasteiger partial charge in [0.1, 0.15) is 6.04 Å². The first-order chi connectivity index (χ1) is 16.3. The van der Waals surface area contributed by atoms with Crippen LogP contribution in [0.3, 0.4) is 0 Å². The first-order valence-electron chi connectivity index (χ1n) is 11.1. The van der Waals surface area contributed by atoms with Gasteiger partial charge in [0.05, 0.1) is 11.4 Å². The molecule has 5 nitrogen and oxygen atoms in total. The van der Waals surface area contributed by atoms with Crippen molar-refractivity contribution in [2.45, 2.75) is 32.7 Å². The van der Waals surface area contributed by atoms with Gasteiger partial charge in [-0.25, -0.2) is 0 Å². The van der Waals surface area contributed by atoms with Gasteiger partial charge in [-0.3, -0.25) is 14.6 Å². The summed E-state index contributed by atoms with van der Waals surface area (Å²) in [7, 11) is 0. The van der Waals surface area contributed by atoms with Crippen LogP contribution in [0.5, 0.6) is 0 Å². The summed E-state index contributed by atoms with van der Waals surface area (Å²) in [5, 5.41) is 6.50. The third kappa shape index (κ3) is 5.75. The number of carbonyl (C=O) groups excluding carboxylic acids is 2. The number of hydrogen-bond acceptors (Lipinski definition) is 3. The lowest BCUT2D eigenvalue weighted by Crippen LogP contribution is -2.27. The van der Waals surface area contributed by atoms with Crippen LogP contribution in [-0.4, -0.2) is 23.6 Å². The predicted molar refractivity (Wildman–Crippen MR) is 142 cm³/mol. The summed E-state index contributed by atoms with van der Waals surface area (Å²) in [6, 6.07) is 20.1. The van der Waals surface area contributed by atoms with Gasteiger partial charge < -0.3 is 10.6 Å². The fourth-order valence-corrected chi connectivity index (χ4v) is 4.48. The number of amides is 2. The van der Waals surface area contributed by atoms with Gasteiger partial charge in [-0.2, -0.15) is 0 Å². The van der Waals surface area contributed by atoms with E-state index in [1.807, 2.05) is 68.4 Å². The quantitative estimate of drug-likeness (QED) is 0.377. The molecular weight excluding hydrogens is 514 g/mol. The molecule has 2 amide bonds. The normalized spacial score (nSPS) is 15.3. The second-order valence-electron chi connectivity index (χ2n) is 8.69. The molecule has 0 fully saturated rings.